The number of nitrogens with one attached hydrogen (secondary N) is 1. The van der Waals surface area contributed by atoms with E-state index in [2.05, 4.69) is 30.8 Å². The predicted molar refractivity (Wildman–Crippen MR) is 143 cm³/mol. The van der Waals surface area contributed by atoms with Crippen molar-refractivity contribution in [2.24, 2.45) is 5.41 Å². The summed E-state index contributed by atoms with van der Waals surface area (Å²) >= 11 is 0. The van der Waals surface area contributed by atoms with Gasteiger partial charge in [-0.25, -0.2) is 4.79 Å². The average molecular weight is 565 g/mol. The Hall–Kier alpha value is -4.12. The number of aromatic amines is 1. The van der Waals surface area contributed by atoms with Crippen molar-refractivity contribution in [1.82, 2.24) is 20.0 Å². The minimum Gasteiger partial charge on any atom is -0.477 e. The Labute approximate surface area is 232 Å². The second-order valence-corrected chi connectivity index (χ2v) is 11.3. The fourth-order valence-corrected chi connectivity index (χ4v) is 6.16. The van der Waals surface area contributed by atoms with Gasteiger partial charge in [-0.3, -0.25) is 9.88 Å². The smallest absolute Gasteiger partial charge is 0.477 e. The van der Waals surface area contributed by atoms with E-state index in [1.807, 2.05) is 6.07 Å². The third kappa shape index (κ3) is 4.99. The topological polar surface area (TPSA) is 104 Å². The van der Waals surface area contributed by atoms with Crippen LogP contribution in [0.1, 0.15) is 65.5 Å². The molecule has 0 unspecified atom stereocenters. The fourth-order valence-electron chi connectivity index (χ4n) is 6.16. The summed E-state index contributed by atoms with van der Waals surface area (Å²) < 4.78 is 49.4. The van der Waals surface area contributed by atoms with Gasteiger partial charge < -0.3 is 19.4 Å². The van der Waals surface area contributed by atoms with Crippen molar-refractivity contribution >= 4 is 22.4 Å². The number of halogens is 3. The maximum absolute atomic E-state index is 13.1. The summed E-state index contributed by atoms with van der Waals surface area (Å²) in [6, 6.07) is 9.63. The van der Waals surface area contributed by atoms with Crippen LogP contribution in [-0.4, -0.2) is 50.6 Å². The van der Waals surface area contributed by atoms with Crippen LogP contribution in [0.2, 0.25) is 0 Å². The zero-order valence-corrected chi connectivity index (χ0v) is 22.0. The lowest BCUT2D eigenvalue weighted by atomic mass is 9.63. The molecule has 0 atom stereocenters. The number of aromatic nitrogens is 3. The fraction of sp³-hybridized carbons (Fsp3) is 0.367. The molecule has 0 amide bonds. The largest absolute Gasteiger partial charge is 0.573 e. The van der Waals surface area contributed by atoms with Gasteiger partial charge in [-0.1, -0.05) is 23.4 Å². The number of para-hydroxylation sites is 1. The number of rotatable bonds is 7. The average Bonchev–Trinajstić information content (AvgIpc) is 3.51. The van der Waals surface area contributed by atoms with E-state index in [1.54, 1.807) is 24.4 Å². The van der Waals surface area contributed by atoms with E-state index in [-0.39, 0.29) is 28.3 Å². The third-order valence-electron chi connectivity index (χ3n) is 8.41. The molecule has 2 aliphatic carbocycles. The van der Waals surface area contributed by atoms with Crippen molar-refractivity contribution in [3.05, 3.63) is 71.4 Å². The van der Waals surface area contributed by atoms with Gasteiger partial charge in [-0.05, 0) is 80.4 Å². The lowest BCUT2D eigenvalue weighted by Crippen LogP contribution is -2.42. The first kappa shape index (κ1) is 25.8. The minimum atomic E-state index is -4.81. The maximum Gasteiger partial charge on any atom is 0.573 e. The van der Waals surface area contributed by atoms with Crippen LogP contribution >= 0.6 is 0 Å². The molecule has 41 heavy (non-hydrogen) atoms. The van der Waals surface area contributed by atoms with Crippen LogP contribution in [0.3, 0.4) is 0 Å². The number of benzene rings is 1. The van der Waals surface area contributed by atoms with E-state index < -0.39 is 12.3 Å². The normalized spacial score (nSPS) is 18.9. The second-order valence-electron chi connectivity index (χ2n) is 11.3. The number of alkyl halides is 3. The number of H-pyrrole nitrogens is 1. The Bertz CT molecular complexity index is 1680. The molecular formula is C30H27F3N4O4. The monoisotopic (exact) mass is 564 g/mol. The lowest BCUT2D eigenvalue weighted by molar-refractivity contribution is -0.274. The third-order valence-corrected chi connectivity index (χ3v) is 8.41. The summed E-state index contributed by atoms with van der Waals surface area (Å²) in [7, 11) is 0. The van der Waals surface area contributed by atoms with Crippen LogP contribution in [-0.2, 0) is 6.54 Å². The van der Waals surface area contributed by atoms with Gasteiger partial charge in [0.25, 0.3) is 0 Å². The number of hydrogen-bond acceptors (Lipinski definition) is 6. The van der Waals surface area contributed by atoms with E-state index in [4.69, 9.17) is 4.52 Å². The van der Waals surface area contributed by atoms with Gasteiger partial charge in [0, 0.05) is 29.0 Å². The molecule has 0 radical (unpaired) electrons. The van der Waals surface area contributed by atoms with E-state index >= 15 is 0 Å². The highest BCUT2D eigenvalue weighted by molar-refractivity contribution is 5.93. The highest BCUT2D eigenvalue weighted by Gasteiger charge is 2.44. The van der Waals surface area contributed by atoms with E-state index in [1.165, 1.54) is 12.1 Å². The molecule has 7 rings (SSSR count). The highest BCUT2D eigenvalue weighted by atomic mass is 19.4. The second kappa shape index (κ2) is 9.47. The Morgan fingerprint density at radius 3 is 2.66 bits per heavy atom. The van der Waals surface area contributed by atoms with Crippen molar-refractivity contribution in [2.45, 2.75) is 50.9 Å². The first-order valence-corrected chi connectivity index (χ1v) is 13.7. The van der Waals surface area contributed by atoms with E-state index in [9.17, 15) is 23.1 Å². The maximum atomic E-state index is 13.1. The first-order valence-electron chi connectivity index (χ1n) is 13.7. The Balaban J connectivity index is 1.08. The molecule has 1 aliphatic heterocycles. The zero-order chi connectivity index (χ0) is 28.4. The number of piperidine rings is 1. The van der Waals surface area contributed by atoms with Crippen LogP contribution in [0.5, 0.6) is 5.75 Å². The molecule has 3 aromatic heterocycles. The summed E-state index contributed by atoms with van der Waals surface area (Å²) in [5.41, 5.74) is 4.34. The van der Waals surface area contributed by atoms with E-state index in [0.717, 1.165) is 73.2 Å². The highest BCUT2D eigenvalue weighted by Crippen LogP contribution is 2.56. The van der Waals surface area contributed by atoms with Gasteiger partial charge in [0.2, 0.25) is 0 Å². The Kier molecular flexibility index (Phi) is 5.97. The number of ether oxygens (including phenoxy) is 1. The van der Waals surface area contributed by atoms with E-state index in [0.29, 0.717) is 17.8 Å². The molecule has 212 valence electrons. The summed E-state index contributed by atoms with van der Waals surface area (Å²) in [6.45, 7) is 2.43. The number of pyridine rings is 1. The number of hydrogen-bond donors (Lipinski definition) is 2. The molecule has 4 aromatic rings. The lowest BCUT2D eigenvalue weighted by Gasteiger charge is -2.46. The van der Waals surface area contributed by atoms with Gasteiger partial charge in [0.05, 0.1) is 17.4 Å². The Morgan fingerprint density at radius 2 is 1.95 bits per heavy atom. The first-order chi connectivity index (χ1) is 19.7. The van der Waals surface area contributed by atoms with Crippen LogP contribution < -0.4 is 4.74 Å². The number of aromatic carboxylic acids is 1. The number of allylic oxidation sites excluding steroid dienone is 2. The van der Waals surface area contributed by atoms with Crippen molar-refractivity contribution < 1.29 is 32.3 Å². The molecule has 0 bridgehead atoms. The molecule has 2 fully saturated rings. The number of carboxylic acid groups (broad SMARTS) is 1. The number of carbonyl (C=O) groups is 1. The van der Waals surface area contributed by atoms with Gasteiger partial charge in [-0.2, -0.15) is 0 Å². The molecule has 4 heterocycles. The molecule has 1 saturated heterocycles. The molecular weight excluding hydrogens is 537 g/mol. The summed E-state index contributed by atoms with van der Waals surface area (Å²) in [5.74, 6) is -0.279. The van der Waals surface area contributed by atoms with Crippen LogP contribution in [0.15, 0.2) is 53.2 Å². The molecule has 3 aliphatic rings. The van der Waals surface area contributed by atoms with Gasteiger partial charge >= 0.3 is 12.3 Å². The summed E-state index contributed by atoms with van der Waals surface area (Å²) in [4.78, 5) is 21.0. The molecule has 2 N–H and O–H groups in total. The van der Waals surface area contributed by atoms with Gasteiger partial charge in [0.15, 0.2) is 0 Å². The summed E-state index contributed by atoms with van der Waals surface area (Å²) in [6.07, 6.45) is 3.84. The van der Waals surface area contributed by atoms with Gasteiger partial charge in [-0.15, -0.1) is 13.2 Å². The van der Waals surface area contributed by atoms with Crippen LogP contribution in [0.25, 0.3) is 27.7 Å². The molecule has 11 heteroatoms. The number of carboxylic acids is 1. The zero-order valence-electron chi connectivity index (χ0n) is 22.0. The van der Waals surface area contributed by atoms with Crippen LogP contribution in [0.4, 0.5) is 13.2 Å². The van der Waals surface area contributed by atoms with Crippen LogP contribution in [0, 0.1) is 5.41 Å². The van der Waals surface area contributed by atoms with Crippen molar-refractivity contribution in [2.75, 3.05) is 13.1 Å². The molecule has 1 aromatic carbocycles. The summed E-state index contributed by atoms with van der Waals surface area (Å²) in [5, 5.41) is 14.3. The molecule has 1 saturated carbocycles. The number of likely N-dealkylation sites (tertiary alicyclic amines) is 1. The standard InChI is InChI=1S/C30H27F3N4O4/c31-30(32,33)40-24-4-2-1-3-21(24)26-25(27(41-36-26)17-5-6-17)19-13-29(14-19)7-9-37(10-8-29)16-20-11-18-12-22(28(38)39)35-23(18)15-34-20/h1-4,11-13,15,17,35H,5-10,14,16H2,(H,38,39). The van der Waals surface area contributed by atoms with Crippen molar-refractivity contribution in [1.29, 1.82) is 0 Å². The number of nitrogens with zero attached hydrogens (tertiary/aromatic N) is 3. The predicted octanol–water partition coefficient (Wildman–Crippen LogP) is 6.76. The quantitative estimate of drug-likeness (QED) is 0.256. The van der Waals surface area contributed by atoms with Crippen molar-refractivity contribution in [3.8, 4) is 17.0 Å². The Morgan fingerprint density at radius 1 is 1.20 bits per heavy atom. The number of fused-ring (bicyclic) bond motifs is 1. The minimum absolute atomic E-state index is 0.0393. The van der Waals surface area contributed by atoms with Crippen molar-refractivity contribution in [3.63, 3.8) is 0 Å². The molecule has 8 nitrogen and oxygen atoms in total. The van der Waals surface area contributed by atoms with Gasteiger partial charge in [0.1, 0.15) is 22.9 Å². The molecule has 1 spiro atoms. The SMILES string of the molecule is O=C(O)c1cc2cc(CN3CCC4(C=C(c5c(-c6ccccc6OC(F)(F)F)noc5C5CC5)C4)CC3)ncc2[nH]1.